The van der Waals surface area contributed by atoms with Crippen LogP contribution < -0.4 is 0 Å². The van der Waals surface area contributed by atoms with E-state index in [9.17, 15) is 15.3 Å². The van der Waals surface area contributed by atoms with Crippen molar-refractivity contribution in [3.8, 4) is 0 Å². The Hall–Kier alpha value is -0.810. The molecule has 0 bridgehead atoms. The molecule has 0 radical (unpaired) electrons. The zero-order chi connectivity index (χ0) is 22.6. The van der Waals surface area contributed by atoms with Gasteiger partial charge in [0.2, 0.25) is 0 Å². The van der Waals surface area contributed by atoms with E-state index in [0.29, 0.717) is 18.8 Å². The normalized spacial score (nSPS) is 34.3. The number of aliphatic hydroxyl groups excluding tert-OH is 2. The van der Waals surface area contributed by atoms with Gasteiger partial charge in [-0.15, -0.1) is 0 Å². The Morgan fingerprint density at radius 2 is 2.03 bits per heavy atom. The van der Waals surface area contributed by atoms with Crippen LogP contribution in [0.3, 0.4) is 0 Å². The zero-order valence-electron chi connectivity index (χ0n) is 19.7. The first-order valence-corrected chi connectivity index (χ1v) is 13.2. The van der Waals surface area contributed by atoms with Crippen LogP contribution in [-0.2, 0) is 0 Å². The lowest BCUT2D eigenvalue weighted by atomic mass is 9.64. The van der Waals surface area contributed by atoms with Gasteiger partial charge >= 0.3 is 0 Å². The topological polar surface area (TPSA) is 60.7 Å². The smallest absolute Gasteiger partial charge is 0.0811 e. The number of thioether (sulfide) groups is 1. The summed E-state index contributed by atoms with van der Waals surface area (Å²) in [6, 6.07) is 0. The molecule has 0 saturated heterocycles. The van der Waals surface area contributed by atoms with Gasteiger partial charge in [-0.25, -0.2) is 0 Å². The summed E-state index contributed by atoms with van der Waals surface area (Å²) >= 11 is 2.04. The molecule has 0 aromatic heterocycles. The largest absolute Gasteiger partial charge is 0.393 e. The van der Waals surface area contributed by atoms with Crippen molar-refractivity contribution in [2.45, 2.75) is 96.4 Å². The fourth-order valence-corrected chi connectivity index (χ4v) is 6.76. The standard InChI is InChI=1S/C27H42O3S/c1-19-21(16-23(28)17-25(19)29)10-9-20-8-7-14-27(4)22(11-12-24(20)27)18-31-15-6-5-13-26(2,3)30/h9-11,23-25,28-30H,1,5-8,12-18H2,2-4H3/b20-9+,21-10-/t23-,24+,25+,27-/m1/s1. The second kappa shape index (κ2) is 10.4. The fraction of sp³-hybridized carbons (Fsp3) is 0.704. The third kappa shape index (κ3) is 6.37. The van der Waals surface area contributed by atoms with E-state index in [2.05, 4.69) is 31.7 Å². The minimum absolute atomic E-state index is 0.269. The third-order valence-electron chi connectivity index (χ3n) is 7.56. The molecule has 0 aromatic rings. The summed E-state index contributed by atoms with van der Waals surface area (Å²) in [7, 11) is 0. The summed E-state index contributed by atoms with van der Waals surface area (Å²) in [4.78, 5) is 0. The molecule has 31 heavy (non-hydrogen) atoms. The van der Waals surface area contributed by atoms with Crippen LogP contribution in [0.4, 0.5) is 0 Å². The van der Waals surface area contributed by atoms with Crippen LogP contribution in [0.1, 0.15) is 78.6 Å². The predicted octanol–water partition coefficient (Wildman–Crippen LogP) is 5.72. The molecule has 0 amide bonds. The summed E-state index contributed by atoms with van der Waals surface area (Å²) in [5.41, 5.74) is 4.64. The SMILES string of the molecule is C=C1/C(=C\C=C2/CCC[C@]3(C)C(CSCCCCC(C)(C)O)=CC[C@@H]23)C[C@@H](O)C[C@@H]1O. The molecule has 0 aromatic carbocycles. The van der Waals surface area contributed by atoms with E-state index >= 15 is 0 Å². The number of hydrogen-bond donors (Lipinski definition) is 3. The summed E-state index contributed by atoms with van der Waals surface area (Å²) in [6.45, 7) is 10.3. The Balaban J connectivity index is 1.57. The van der Waals surface area contributed by atoms with Crippen molar-refractivity contribution in [1.29, 1.82) is 0 Å². The summed E-state index contributed by atoms with van der Waals surface area (Å²) in [5.74, 6) is 2.87. The van der Waals surface area contributed by atoms with E-state index in [0.717, 1.165) is 48.3 Å². The number of rotatable bonds is 8. The number of hydrogen-bond acceptors (Lipinski definition) is 4. The first-order valence-electron chi connectivity index (χ1n) is 12.0. The molecule has 0 heterocycles. The van der Waals surface area contributed by atoms with Gasteiger partial charge in [-0.05, 0) is 93.4 Å². The van der Waals surface area contributed by atoms with E-state index in [4.69, 9.17) is 0 Å². The van der Waals surface area contributed by atoms with Gasteiger partial charge in [0.25, 0.3) is 0 Å². The molecule has 0 unspecified atom stereocenters. The Morgan fingerprint density at radius 1 is 1.26 bits per heavy atom. The second-order valence-corrected chi connectivity index (χ2v) is 11.8. The first kappa shape index (κ1) is 24.8. The minimum Gasteiger partial charge on any atom is -0.393 e. The summed E-state index contributed by atoms with van der Waals surface area (Å²) < 4.78 is 0. The number of fused-ring (bicyclic) bond motifs is 1. The Bertz CT molecular complexity index is 742. The number of allylic oxidation sites excluding steroid dienone is 4. The van der Waals surface area contributed by atoms with Gasteiger partial charge in [-0.2, -0.15) is 11.8 Å². The van der Waals surface area contributed by atoms with Gasteiger partial charge in [-0.1, -0.05) is 42.9 Å². The fourth-order valence-electron chi connectivity index (χ4n) is 5.54. The molecule has 0 aliphatic heterocycles. The zero-order valence-corrected chi connectivity index (χ0v) is 20.5. The Labute approximate surface area is 193 Å². The van der Waals surface area contributed by atoms with E-state index in [1.165, 1.54) is 24.8 Å². The van der Waals surface area contributed by atoms with Gasteiger partial charge in [0, 0.05) is 12.2 Å². The number of aliphatic hydroxyl groups is 3. The van der Waals surface area contributed by atoms with Crippen molar-refractivity contribution in [2.75, 3.05) is 11.5 Å². The molecular weight excluding hydrogens is 404 g/mol. The Morgan fingerprint density at radius 3 is 2.77 bits per heavy atom. The van der Waals surface area contributed by atoms with Crippen LogP contribution >= 0.6 is 11.8 Å². The van der Waals surface area contributed by atoms with Crippen LogP contribution in [-0.4, -0.2) is 44.6 Å². The van der Waals surface area contributed by atoms with Crippen LogP contribution in [0.2, 0.25) is 0 Å². The van der Waals surface area contributed by atoms with Crippen LogP contribution in [0.25, 0.3) is 0 Å². The average Bonchev–Trinajstić information content (AvgIpc) is 3.02. The van der Waals surface area contributed by atoms with Crippen molar-refractivity contribution in [3.63, 3.8) is 0 Å². The van der Waals surface area contributed by atoms with Gasteiger partial charge in [0.05, 0.1) is 17.8 Å². The molecule has 4 atom stereocenters. The molecule has 2 saturated carbocycles. The summed E-state index contributed by atoms with van der Waals surface area (Å²) in [6.07, 6.45) is 14.7. The van der Waals surface area contributed by atoms with E-state index in [1.807, 2.05) is 25.6 Å². The number of unbranched alkanes of at least 4 members (excludes halogenated alkanes) is 1. The Kier molecular flexibility index (Phi) is 8.34. The second-order valence-electron chi connectivity index (χ2n) is 10.7. The molecule has 4 heteroatoms. The van der Waals surface area contributed by atoms with E-state index in [1.54, 1.807) is 5.57 Å². The lowest BCUT2D eigenvalue weighted by Crippen LogP contribution is -2.31. The highest BCUT2D eigenvalue weighted by atomic mass is 32.2. The van der Waals surface area contributed by atoms with Crippen molar-refractivity contribution >= 4 is 11.8 Å². The van der Waals surface area contributed by atoms with Crippen molar-refractivity contribution in [1.82, 2.24) is 0 Å². The maximum Gasteiger partial charge on any atom is 0.0811 e. The highest BCUT2D eigenvalue weighted by Gasteiger charge is 2.44. The van der Waals surface area contributed by atoms with Gasteiger partial charge < -0.3 is 15.3 Å². The average molecular weight is 447 g/mol. The highest BCUT2D eigenvalue weighted by Crippen LogP contribution is 2.55. The van der Waals surface area contributed by atoms with Crippen molar-refractivity contribution in [3.05, 3.63) is 47.1 Å². The molecule has 174 valence electrons. The maximum atomic E-state index is 10.1. The molecule has 2 fully saturated rings. The lowest BCUT2D eigenvalue weighted by Gasteiger charge is -2.41. The summed E-state index contributed by atoms with van der Waals surface area (Å²) in [5, 5.41) is 30.0. The predicted molar refractivity (Wildman–Crippen MR) is 132 cm³/mol. The third-order valence-corrected chi connectivity index (χ3v) is 8.65. The van der Waals surface area contributed by atoms with Gasteiger partial charge in [0.15, 0.2) is 0 Å². The minimum atomic E-state index is -0.620. The molecule has 0 spiro atoms. The molecule has 3 aliphatic rings. The highest BCUT2D eigenvalue weighted by molar-refractivity contribution is 7.99. The van der Waals surface area contributed by atoms with E-state index < -0.39 is 17.8 Å². The first-order chi connectivity index (χ1) is 14.6. The molecule has 3 rings (SSSR count). The van der Waals surface area contributed by atoms with Crippen LogP contribution in [0.15, 0.2) is 47.1 Å². The lowest BCUT2D eigenvalue weighted by molar-refractivity contribution is 0.0687. The molecule has 3 N–H and O–H groups in total. The van der Waals surface area contributed by atoms with Gasteiger partial charge in [0.1, 0.15) is 0 Å². The monoisotopic (exact) mass is 446 g/mol. The van der Waals surface area contributed by atoms with Crippen LogP contribution in [0, 0.1) is 11.3 Å². The quantitative estimate of drug-likeness (QED) is 0.329. The van der Waals surface area contributed by atoms with Crippen molar-refractivity contribution in [2.24, 2.45) is 11.3 Å². The van der Waals surface area contributed by atoms with Crippen molar-refractivity contribution < 1.29 is 15.3 Å². The molecular formula is C27H42O3S. The van der Waals surface area contributed by atoms with Crippen LogP contribution in [0.5, 0.6) is 0 Å². The van der Waals surface area contributed by atoms with Gasteiger partial charge in [-0.3, -0.25) is 0 Å². The maximum absolute atomic E-state index is 10.1. The molecule has 3 nitrogen and oxygen atoms in total. The molecule has 3 aliphatic carbocycles. The van der Waals surface area contributed by atoms with E-state index in [-0.39, 0.29) is 5.41 Å².